The molecule has 3 atom stereocenters. The molecular formula is C13H25NO. The van der Waals surface area contributed by atoms with Crippen molar-refractivity contribution in [1.29, 1.82) is 0 Å². The molecule has 2 N–H and O–H groups in total. The molecule has 0 radical (unpaired) electrons. The van der Waals surface area contributed by atoms with Gasteiger partial charge in [-0.15, -0.1) is 0 Å². The predicted octanol–water partition coefficient (Wildman–Crippen LogP) is 2.48. The van der Waals surface area contributed by atoms with Crippen LogP contribution in [0, 0.1) is 5.92 Å². The molecule has 1 fully saturated rings. The van der Waals surface area contributed by atoms with Crippen molar-refractivity contribution >= 4 is 0 Å². The average Bonchev–Trinajstić information content (AvgIpc) is 2.07. The monoisotopic (exact) mass is 211 g/mol. The van der Waals surface area contributed by atoms with E-state index in [0.717, 1.165) is 19.3 Å². The zero-order valence-electron chi connectivity index (χ0n) is 10.5. The lowest BCUT2D eigenvalue weighted by atomic mass is 9.74. The molecule has 0 heterocycles. The summed E-state index contributed by atoms with van der Waals surface area (Å²) in [7, 11) is 0. The lowest BCUT2D eigenvalue weighted by molar-refractivity contribution is -0.0225. The normalized spacial score (nSPS) is 36.9. The van der Waals surface area contributed by atoms with Gasteiger partial charge in [0.05, 0.1) is 5.60 Å². The molecule has 0 spiro atoms. The van der Waals surface area contributed by atoms with Crippen molar-refractivity contribution in [1.82, 2.24) is 5.32 Å². The van der Waals surface area contributed by atoms with Crippen LogP contribution in [0.1, 0.15) is 47.0 Å². The van der Waals surface area contributed by atoms with Crippen LogP contribution in [0.25, 0.3) is 0 Å². The highest BCUT2D eigenvalue weighted by Crippen LogP contribution is 2.35. The second-order valence-electron chi connectivity index (χ2n) is 5.55. The molecule has 0 saturated heterocycles. The third-order valence-electron chi connectivity index (χ3n) is 3.50. The lowest BCUT2D eigenvalue weighted by Gasteiger charge is -2.42. The zero-order valence-corrected chi connectivity index (χ0v) is 10.5. The van der Waals surface area contributed by atoms with E-state index in [1.807, 2.05) is 6.92 Å². The van der Waals surface area contributed by atoms with Crippen molar-refractivity contribution in [3.05, 3.63) is 12.2 Å². The molecule has 2 heteroatoms. The van der Waals surface area contributed by atoms with Gasteiger partial charge in [-0.05, 0) is 39.0 Å². The smallest absolute Gasteiger partial charge is 0.0772 e. The van der Waals surface area contributed by atoms with Crippen molar-refractivity contribution in [2.75, 3.05) is 0 Å². The number of rotatable bonds is 3. The van der Waals surface area contributed by atoms with E-state index in [-0.39, 0.29) is 6.04 Å². The van der Waals surface area contributed by atoms with Crippen LogP contribution in [0.2, 0.25) is 0 Å². The Morgan fingerprint density at radius 3 is 2.60 bits per heavy atom. The van der Waals surface area contributed by atoms with Crippen LogP contribution in [0.15, 0.2) is 12.2 Å². The van der Waals surface area contributed by atoms with Crippen LogP contribution < -0.4 is 5.32 Å². The van der Waals surface area contributed by atoms with Crippen LogP contribution >= 0.6 is 0 Å². The van der Waals surface area contributed by atoms with Gasteiger partial charge in [-0.2, -0.15) is 0 Å². The lowest BCUT2D eigenvalue weighted by Crippen LogP contribution is -2.54. The summed E-state index contributed by atoms with van der Waals surface area (Å²) in [5.41, 5.74) is 0.692. The van der Waals surface area contributed by atoms with Gasteiger partial charge in [0.2, 0.25) is 0 Å². The molecule has 2 nitrogen and oxygen atoms in total. The molecule has 15 heavy (non-hydrogen) atoms. The van der Waals surface area contributed by atoms with Crippen molar-refractivity contribution in [2.24, 2.45) is 5.92 Å². The van der Waals surface area contributed by atoms with Gasteiger partial charge < -0.3 is 10.4 Å². The van der Waals surface area contributed by atoms with E-state index in [9.17, 15) is 5.11 Å². The Hall–Kier alpha value is -0.340. The highest BCUT2D eigenvalue weighted by Gasteiger charge is 2.38. The van der Waals surface area contributed by atoms with Crippen molar-refractivity contribution in [2.45, 2.75) is 64.6 Å². The van der Waals surface area contributed by atoms with Gasteiger partial charge in [-0.25, -0.2) is 0 Å². The summed E-state index contributed by atoms with van der Waals surface area (Å²) in [5, 5.41) is 13.8. The first-order valence-corrected chi connectivity index (χ1v) is 5.96. The minimum atomic E-state index is -0.559. The van der Waals surface area contributed by atoms with E-state index in [4.69, 9.17) is 0 Å². The Balaban J connectivity index is 2.66. The molecule has 0 aromatic carbocycles. The number of hydrogen-bond donors (Lipinski definition) is 2. The second kappa shape index (κ2) is 4.67. The maximum absolute atomic E-state index is 10.3. The molecule has 88 valence electrons. The van der Waals surface area contributed by atoms with Crippen LogP contribution in [0.5, 0.6) is 0 Å². The molecule has 1 rings (SSSR count). The first-order chi connectivity index (χ1) is 6.83. The Morgan fingerprint density at radius 2 is 2.13 bits per heavy atom. The summed E-state index contributed by atoms with van der Waals surface area (Å²) in [6, 6.07) is 0.623. The summed E-state index contributed by atoms with van der Waals surface area (Å²) in [6.07, 6.45) is 2.95. The van der Waals surface area contributed by atoms with Gasteiger partial charge in [0.25, 0.3) is 0 Å². The second-order valence-corrected chi connectivity index (χ2v) is 5.55. The van der Waals surface area contributed by atoms with Gasteiger partial charge in [0, 0.05) is 12.1 Å². The van der Waals surface area contributed by atoms with Crippen LogP contribution in [0.3, 0.4) is 0 Å². The Labute approximate surface area is 93.8 Å². The van der Waals surface area contributed by atoms with Crippen molar-refractivity contribution < 1.29 is 5.11 Å². The van der Waals surface area contributed by atoms with Crippen molar-refractivity contribution in [3.63, 3.8) is 0 Å². The molecule has 0 bridgehead atoms. The van der Waals surface area contributed by atoms with Crippen molar-refractivity contribution in [3.8, 4) is 0 Å². The molecule has 0 unspecified atom stereocenters. The van der Waals surface area contributed by atoms with Crippen LogP contribution in [-0.2, 0) is 0 Å². The van der Waals surface area contributed by atoms with Gasteiger partial charge in [-0.3, -0.25) is 0 Å². The molecule has 1 saturated carbocycles. The number of aliphatic hydroxyl groups is 1. The Kier molecular flexibility index (Phi) is 3.96. The van der Waals surface area contributed by atoms with E-state index >= 15 is 0 Å². The highest BCUT2D eigenvalue weighted by molar-refractivity contribution is 5.05. The first-order valence-electron chi connectivity index (χ1n) is 5.96. The average molecular weight is 211 g/mol. The fraction of sp³-hybridized carbons (Fsp3) is 0.846. The molecule has 1 aliphatic rings. The van der Waals surface area contributed by atoms with Gasteiger partial charge in [0.1, 0.15) is 0 Å². The van der Waals surface area contributed by atoms with E-state index < -0.39 is 5.60 Å². The summed E-state index contributed by atoms with van der Waals surface area (Å²) < 4.78 is 0. The van der Waals surface area contributed by atoms with Gasteiger partial charge in [0.15, 0.2) is 0 Å². The largest absolute Gasteiger partial charge is 0.389 e. The van der Waals surface area contributed by atoms with E-state index in [1.54, 1.807) is 0 Å². The van der Waals surface area contributed by atoms with Crippen LogP contribution in [-0.4, -0.2) is 22.8 Å². The summed E-state index contributed by atoms with van der Waals surface area (Å²) in [4.78, 5) is 0. The third kappa shape index (κ3) is 3.32. The molecule has 1 aliphatic carbocycles. The third-order valence-corrected chi connectivity index (χ3v) is 3.50. The van der Waals surface area contributed by atoms with Gasteiger partial charge >= 0.3 is 0 Å². The number of hydrogen-bond acceptors (Lipinski definition) is 2. The quantitative estimate of drug-likeness (QED) is 0.703. The minimum absolute atomic E-state index is 0.202. The predicted molar refractivity (Wildman–Crippen MR) is 64.8 cm³/mol. The Bertz CT molecular complexity index is 233. The molecule has 0 aromatic rings. The Morgan fingerprint density at radius 1 is 1.53 bits per heavy atom. The summed E-state index contributed by atoms with van der Waals surface area (Å²) in [5.74, 6) is 0.571. The minimum Gasteiger partial charge on any atom is -0.389 e. The number of nitrogens with one attached hydrogen (secondary N) is 1. The zero-order chi connectivity index (χ0) is 11.6. The van der Waals surface area contributed by atoms with E-state index in [1.165, 1.54) is 5.57 Å². The topological polar surface area (TPSA) is 32.3 Å². The maximum Gasteiger partial charge on any atom is 0.0772 e. The maximum atomic E-state index is 10.3. The van der Waals surface area contributed by atoms with Crippen LogP contribution in [0.4, 0.5) is 0 Å². The van der Waals surface area contributed by atoms with E-state index in [2.05, 4.69) is 32.7 Å². The number of allylic oxidation sites excluding steroid dienone is 1. The fourth-order valence-corrected chi connectivity index (χ4v) is 2.39. The summed E-state index contributed by atoms with van der Waals surface area (Å²) >= 11 is 0. The standard InChI is InChI=1S/C13H25NO/c1-9(2)11-6-7-13(5,15)12(8-11)14-10(3)4/h10-12,14-15H,1,6-8H2,2-5H3/t11-,12+,13+/m1/s1. The first kappa shape index (κ1) is 12.7. The SMILES string of the molecule is C=C(C)[C@@H]1CC[C@](C)(O)[C@@H](NC(C)C)C1. The molecule has 0 aliphatic heterocycles. The van der Waals surface area contributed by atoms with Gasteiger partial charge in [-0.1, -0.05) is 26.0 Å². The van der Waals surface area contributed by atoms with E-state index in [0.29, 0.717) is 12.0 Å². The summed E-state index contributed by atoms with van der Waals surface area (Å²) in [6.45, 7) is 12.3. The molecule has 0 amide bonds. The fourth-order valence-electron chi connectivity index (χ4n) is 2.39. The molecule has 0 aromatic heterocycles. The highest BCUT2D eigenvalue weighted by atomic mass is 16.3. The molecular weight excluding hydrogens is 186 g/mol.